The smallest absolute Gasteiger partial charge is 0.225 e. The van der Waals surface area contributed by atoms with E-state index >= 15 is 0 Å². The number of carbonyl (C=O) groups is 1. The molecule has 1 fully saturated rings. The van der Waals surface area contributed by atoms with Crippen molar-refractivity contribution < 1.29 is 14.3 Å². The lowest BCUT2D eigenvalue weighted by atomic mass is 9.97. The van der Waals surface area contributed by atoms with E-state index in [2.05, 4.69) is 5.32 Å². The number of carbonyl (C=O) groups excluding carboxylic acids is 1. The van der Waals surface area contributed by atoms with Crippen molar-refractivity contribution in [2.24, 2.45) is 5.92 Å². The Bertz CT molecular complexity index is 230. The number of ether oxygens (including phenoxy) is 2. The van der Waals surface area contributed by atoms with E-state index in [9.17, 15) is 4.79 Å². The normalized spacial score (nSPS) is 16.8. The van der Waals surface area contributed by atoms with Gasteiger partial charge >= 0.3 is 0 Å². The van der Waals surface area contributed by atoms with Gasteiger partial charge in [-0.05, 0) is 32.4 Å². The molecule has 18 heavy (non-hydrogen) atoms. The molecule has 1 rings (SSSR count). The maximum Gasteiger partial charge on any atom is 0.225 e. The van der Waals surface area contributed by atoms with Gasteiger partial charge in [0.05, 0.1) is 6.61 Å². The van der Waals surface area contributed by atoms with Gasteiger partial charge in [-0.15, -0.1) is 0 Å². The summed E-state index contributed by atoms with van der Waals surface area (Å²) in [6.07, 6.45) is 2.82. The lowest BCUT2D eigenvalue weighted by molar-refractivity contribution is -0.135. The Morgan fingerprint density at radius 3 is 2.67 bits per heavy atom. The molecule has 5 nitrogen and oxygen atoms in total. The molecule has 1 aliphatic rings. The molecule has 0 bridgehead atoms. The molecule has 0 spiro atoms. The number of rotatable bonds is 8. The fourth-order valence-electron chi connectivity index (χ4n) is 2.10. The molecular formula is C13H26N2O3. The summed E-state index contributed by atoms with van der Waals surface area (Å²) in [6.45, 7) is 4.62. The highest BCUT2D eigenvalue weighted by atomic mass is 16.5. The molecule has 106 valence electrons. The number of hydrogen-bond donors (Lipinski definition) is 1. The SMILES string of the molecule is COCCCOCCN(C)C(=O)C1CCNCC1. The molecule has 0 unspecified atom stereocenters. The molecule has 1 amide bonds. The predicted octanol–water partition coefficient (Wildman–Crippen LogP) is 0.498. The molecule has 5 heteroatoms. The van der Waals surface area contributed by atoms with Gasteiger partial charge in [-0.2, -0.15) is 0 Å². The van der Waals surface area contributed by atoms with Crippen LogP contribution in [0.2, 0.25) is 0 Å². The van der Waals surface area contributed by atoms with Crippen molar-refractivity contribution >= 4 is 5.91 Å². The molecule has 1 aliphatic heterocycles. The summed E-state index contributed by atoms with van der Waals surface area (Å²) in [5.74, 6) is 0.460. The third-order valence-corrected chi connectivity index (χ3v) is 3.27. The standard InChI is InChI=1S/C13H26N2O3/c1-15(8-11-18-10-3-9-17-2)13(16)12-4-6-14-7-5-12/h12,14H,3-11H2,1-2H3. The summed E-state index contributed by atoms with van der Waals surface area (Å²) in [5.41, 5.74) is 0. The second-order valence-corrected chi connectivity index (χ2v) is 4.74. The maximum absolute atomic E-state index is 12.1. The molecule has 0 atom stereocenters. The van der Waals surface area contributed by atoms with E-state index in [0.29, 0.717) is 19.8 Å². The molecule has 0 aliphatic carbocycles. The lowest BCUT2D eigenvalue weighted by Gasteiger charge is -2.26. The second kappa shape index (κ2) is 9.30. The van der Waals surface area contributed by atoms with Crippen LogP contribution in [0.4, 0.5) is 0 Å². The highest BCUT2D eigenvalue weighted by Crippen LogP contribution is 2.14. The van der Waals surface area contributed by atoms with E-state index in [-0.39, 0.29) is 11.8 Å². The number of nitrogens with zero attached hydrogens (tertiary/aromatic N) is 1. The Hall–Kier alpha value is -0.650. The number of hydrogen-bond acceptors (Lipinski definition) is 4. The minimum atomic E-state index is 0.199. The number of nitrogens with one attached hydrogen (secondary N) is 1. The van der Waals surface area contributed by atoms with Crippen molar-refractivity contribution in [3.8, 4) is 0 Å². The van der Waals surface area contributed by atoms with Gasteiger partial charge in [-0.25, -0.2) is 0 Å². The van der Waals surface area contributed by atoms with E-state index in [1.54, 1.807) is 12.0 Å². The highest BCUT2D eigenvalue weighted by molar-refractivity contribution is 5.78. The third-order valence-electron chi connectivity index (χ3n) is 3.27. The van der Waals surface area contributed by atoms with E-state index < -0.39 is 0 Å². The molecule has 0 aromatic carbocycles. The maximum atomic E-state index is 12.1. The van der Waals surface area contributed by atoms with Crippen LogP contribution in [0.15, 0.2) is 0 Å². The van der Waals surface area contributed by atoms with Gasteiger partial charge in [0.25, 0.3) is 0 Å². The van der Waals surface area contributed by atoms with E-state index in [0.717, 1.165) is 39.0 Å². The van der Waals surface area contributed by atoms with Crippen molar-refractivity contribution in [1.82, 2.24) is 10.2 Å². The first-order chi connectivity index (χ1) is 8.75. The number of amides is 1. The largest absolute Gasteiger partial charge is 0.385 e. The Balaban J connectivity index is 2.07. The monoisotopic (exact) mass is 258 g/mol. The van der Waals surface area contributed by atoms with Crippen molar-refractivity contribution in [2.75, 3.05) is 53.6 Å². The second-order valence-electron chi connectivity index (χ2n) is 4.74. The van der Waals surface area contributed by atoms with Gasteiger partial charge in [0.2, 0.25) is 5.91 Å². The van der Waals surface area contributed by atoms with Gasteiger partial charge in [-0.1, -0.05) is 0 Å². The first-order valence-electron chi connectivity index (χ1n) is 6.78. The van der Waals surface area contributed by atoms with Crippen molar-refractivity contribution in [2.45, 2.75) is 19.3 Å². The number of piperidine rings is 1. The van der Waals surface area contributed by atoms with Crippen LogP contribution in [-0.4, -0.2) is 64.4 Å². The Morgan fingerprint density at radius 2 is 2.00 bits per heavy atom. The predicted molar refractivity (Wildman–Crippen MR) is 70.5 cm³/mol. The van der Waals surface area contributed by atoms with Gasteiger partial charge in [-0.3, -0.25) is 4.79 Å². The minimum absolute atomic E-state index is 0.199. The zero-order chi connectivity index (χ0) is 13.2. The van der Waals surface area contributed by atoms with E-state index in [1.807, 2.05) is 7.05 Å². The van der Waals surface area contributed by atoms with E-state index in [1.165, 1.54) is 0 Å². The average Bonchev–Trinajstić information content (AvgIpc) is 2.42. The summed E-state index contributed by atoms with van der Waals surface area (Å²) in [5, 5.41) is 3.27. The quantitative estimate of drug-likeness (QED) is 0.644. The van der Waals surface area contributed by atoms with Crippen LogP contribution >= 0.6 is 0 Å². The van der Waals surface area contributed by atoms with Crippen molar-refractivity contribution in [3.05, 3.63) is 0 Å². The van der Waals surface area contributed by atoms with Crippen LogP contribution in [0.25, 0.3) is 0 Å². The van der Waals surface area contributed by atoms with E-state index in [4.69, 9.17) is 9.47 Å². The van der Waals surface area contributed by atoms with Gasteiger partial charge in [0.1, 0.15) is 0 Å². The van der Waals surface area contributed by atoms with Gasteiger partial charge < -0.3 is 19.7 Å². The summed E-state index contributed by atoms with van der Waals surface area (Å²) >= 11 is 0. The van der Waals surface area contributed by atoms with Crippen LogP contribution < -0.4 is 5.32 Å². The van der Waals surface area contributed by atoms with Crippen molar-refractivity contribution in [3.63, 3.8) is 0 Å². The Labute approximate surface area is 110 Å². The topological polar surface area (TPSA) is 50.8 Å². The minimum Gasteiger partial charge on any atom is -0.385 e. The molecule has 1 heterocycles. The molecule has 0 saturated carbocycles. The average molecular weight is 258 g/mol. The van der Waals surface area contributed by atoms with Crippen LogP contribution in [-0.2, 0) is 14.3 Å². The van der Waals surface area contributed by atoms with Gasteiger partial charge in [0, 0.05) is 39.8 Å². The highest BCUT2D eigenvalue weighted by Gasteiger charge is 2.23. The van der Waals surface area contributed by atoms with Crippen molar-refractivity contribution in [1.29, 1.82) is 0 Å². The van der Waals surface area contributed by atoms with Crippen LogP contribution in [0.5, 0.6) is 0 Å². The first-order valence-corrected chi connectivity index (χ1v) is 6.78. The fourth-order valence-corrected chi connectivity index (χ4v) is 2.10. The van der Waals surface area contributed by atoms with Crippen LogP contribution in [0, 0.1) is 5.92 Å². The number of methoxy groups -OCH3 is 1. The van der Waals surface area contributed by atoms with Gasteiger partial charge in [0.15, 0.2) is 0 Å². The fraction of sp³-hybridized carbons (Fsp3) is 0.923. The van der Waals surface area contributed by atoms with Crippen LogP contribution in [0.3, 0.4) is 0 Å². The third kappa shape index (κ3) is 5.80. The molecule has 0 aromatic heterocycles. The zero-order valence-electron chi connectivity index (χ0n) is 11.6. The molecule has 0 aromatic rings. The van der Waals surface area contributed by atoms with Crippen LogP contribution in [0.1, 0.15) is 19.3 Å². The molecule has 1 saturated heterocycles. The lowest BCUT2D eigenvalue weighted by Crippen LogP contribution is -2.40. The summed E-state index contributed by atoms with van der Waals surface area (Å²) in [7, 11) is 3.55. The Kier molecular flexibility index (Phi) is 7.96. The Morgan fingerprint density at radius 1 is 1.28 bits per heavy atom. The summed E-state index contributed by atoms with van der Waals surface area (Å²) < 4.78 is 10.4. The molecule has 1 N–H and O–H groups in total. The molecule has 0 radical (unpaired) electrons. The first kappa shape index (κ1) is 15.4. The summed E-state index contributed by atoms with van der Waals surface area (Å²) in [6, 6.07) is 0. The summed E-state index contributed by atoms with van der Waals surface area (Å²) in [4.78, 5) is 13.9. The zero-order valence-corrected chi connectivity index (χ0v) is 11.6. The number of likely N-dealkylation sites (N-methyl/N-ethyl adjacent to an activating group) is 1. The molecular weight excluding hydrogens is 232 g/mol.